The quantitative estimate of drug-likeness (QED) is 0.0368. The topological polar surface area (TPSA) is 296 Å². The number of nitrogen functional groups attached to an aromatic ring is 1. The number of H-pyrrole nitrogens is 2. The molecule has 0 bridgehead atoms. The van der Waals surface area contributed by atoms with Crippen LogP contribution >= 0.6 is 15.9 Å². The zero-order valence-electron chi connectivity index (χ0n) is 44.8. The van der Waals surface area contributed by atoms with Crippen LogP contribution < -0.4 is 22.2 Å². The number of aryl methyl sites for hydroxylation is 2. The second kappa shape index (κ2) is 34.7. The second-order valence-electron chi connectivity index (χ2n) is 17.2. The highest BCUT2D eigenvalue weighted by molar-refractivity contribution is 9.10. The standard InChI is InChI=1S/C18H13FN2O3.C10H10N2O.2C9H7FO3.C8H5FO3.C7H4BrFO.2CH4/c1-10-6-17(23)21-16-5-3-12(8-13(10)16)20-18(24)14-7-11(9-22)2-4-15(14)19;1-6-4-10(13)12-9-3-2-7(11)5-8(6)9;2*1-13-9(12)7-4-6(5-11)2-3-8(7)10;9-7-2-1-5(4-10)3-6(7)8(11)12;8-6-3-5(4-10)1-2-7(6)9;;/h2-9H,1H3,(H,20,24)(H,21,23);2-5H,11H2,1H3,(H,12,13);2*2-5H,1H3;1-4H,(H,11,12);1-4H;2*1H4. The zero-order chi connectivity index (χ0) is 63.1. The van der Waals surface area contributed by atoms with Gasteiger partial charge in [-0.05, 0) is 168 Å². The molecule has 0 aliphatic rings. The van der Waals surface area contributed by atoms with Gasteiger partial charge in [0.1, 0.15) is 60.5 Å². The number of benzene rings is 7. The largest absolute Gasteiger partial charge is 0.478 e. The van der Waals surface area contributed by atoms with Gasteiger partial charge in [-0.15, -0.1) is 0 Å². The molecule has 1 amide bonds. The first-order valence-corrected chi connectivity index (χ1v) is 24.8. The first-order valence-electron chi connectivity index (χ1n) is 24.0. The van der Waals surface area contributed by atoms with Gasteiger partial charge in [-0.25, -0.2) is 36.3 Å². The summed E-state index contributed by atoms with van der Waals surface area (Å²) in [5.41, 5.74) is 9.87. The van der Waals surface area contributed by atoms with E-state index in [9.17, 15) is 74.7 Å². The highest BCUT2D eigenvalue weighted by Gasteiger charge is 2.16. The van der Waals surface area contributed by atoms with Crippen molar-refractivity contribution in [2.24, 2.45) is 0 Å². The van der Waals surface area contributed by atoms with E-state index in [0.29, 0.717) is 58.4 Å². The predicted octanol–water partition coefficient (Wildman–Crippen LogP) is 12.3. The summed E-state index contributed by atoms with van der Waals surface area (Å²) in [6.45, 7) is 3.69. The lowest BCUT2D eigenvalue weighted by Crippen LogP contribution is -2.14. The van der Waals surface area contributed by atoms with E-state index in [0.717, 1.165) is 84.1 Å². The maximum Gasteiger partial charge on any atom is 0.340 e. The molecule has 6 N–H and O–H groups in total. The van der Waals surface area contributed by atoms with E-state index >= 15 is 0 Å². The Morgan fingerprint density at radius 3 is 1.22 bits per heavy atom. The number of carbonyl (C=O) groups excluding carboxylic acids is 8. The Hall–Kier alpha value is -10.9. The maximum absolute atomic E-state index is 13.8. The van der Waals surface area contributed by atoms with Gasteiger partial charge in [-0.2, -0.15) is 0 Å². The van der Waals surface area contributed by atoms with Gasteiger partial charge in [0, 0.05) is 73.1 Å². The molecule has 0 aliphatic carbocycles. The van der Waals surface area contributed by atoms with Gasteiger partial charge in [0.25, 0.3) is 5.91 Å². The van der Waals surface area contributed by atoms with Gasteiger partial charge < -0.3 is 35.6 Å². The summed E-state index contributed by atoms with van der Waals surface area (Å²) >= 11 is 2.95. The SMILES string of the molecule is C.C.COC(=O)c1cc(C=O)ccc1F.COC(=O)c1cc(C=O)ccc1F.Cc1cc(=O)[nH]c2ccc(N)cc12.Cc1cc(=O)[nH]c2ccc(NC(=O)c3cc(C=O)ccc3F)cc12.O=Cc1ccc(F)c(Br)c1.O=Cc1ccc(F)c(C(=O)O)c1. The van der Waals surface area contributed by atoms with Crippen LogP contribution in [-0.2, 0) is 9.47 Å². The Bertz CT molecular complexity index is 4070. The van der Waals surface area contributed by atoms with E-state index in [1.165, 1.54) is 54.6 Å². The van der Waals surface area contributed by atoms with Crippen LogP contribution in [0.4, 0.5) is 33.3 Å². The Balaban J connectivity index is 0.000000365. The van der Waals surface area contributed by atoms with Gasteiger partial charge in [-0.1, -0.05) is 14.9 Å². The lowest BCUT2D eigenvalue weighted by molar-refractivity contribution is 0.0586. The number of halogens is 6. The van der Waals surface area contributed by atoms with Gasteiger partial charge in [0.05, 0.1) is 40.9 Å². The van der Waals surface area contributed by atoms with Crippen molar-refractivity contribution in [3.8, 4) is 0 Å². The Labute approximate surface area is 500 Å². The van der Waals surface area contributed by atoms with Gasteiger partial charge in [0.15, 0.2) is 0 Å². The number of fused-ring (bicyclic) bond motifs is 2. The van der Waals surface area contributed by atoms with Crippen LogP contribution in [0.1, 0.15) is 119 Å². The molecule has 0 saturated heterocycles. The van der Waals surface area contributed by atoms with E-state index in [1.54, 1.807) is 37.3 Å². The number of rotatable bonds is 10. The predicted molar refractivity (Wildman–Crippen MR) is 321 cm³/mol. The van der Waals surface area contributed by atoms with Crippen molar-refractivity contribution < 1.29 is 79.7 Å². The fourth-order valence-corrected chi connectivity index (χ4v) is 7.46. The molecule has 0 unspecified atom stereocenters. The highest BCUT2D eigenvalue weighted by Crippen LogP contribution is 2.22. The number of methoxy groups -OCH3 is 2. The molecule has 0 saturated carbocycles. The Kier molecular flexibility index (Phi) is 28.8. The number of carboxylic acids is 1. The molecule has 452 valence electrons. The van der Waals surface area contributed by atoms with Crippen LogP contribution in [0.25, 0.3) is 21.8 Å². The number of amides is 1. The van der Waals surface area contributed by atoms with Crippen molar-refractivity contribution >= 4 is 104 Å². The molecule has 0 spiro atoms. The summed E-state index contributed by atoms with van der Waals surface area (Å²) in [7, 11) is 2.30. The molecular formula is C63H54BrF5N4O14. The molecule has 87 heavy (non-hydrogen) atoms. The minimum Gasteiger partial charge on any atom is -0.478 e. The lowest BCUT2D eigenvalue weighted by atomic mass is 10.1. The molecule has 0 aliphatic heterocycles. The average molecular weight is 1270 g/mol. The third kappa shape index (κ3) is 21.1. The second-order valence-corrected chi connectivity index (χ2v) is 18.0. The molecule has 0 atom stereocenters. The van der Waals surface area contributed by atoms with Crippen molar-refractivity contribution in [3.63, 3.8) is 0 Å². The lowest BCUT2D eigenvalue weighted by Gasteiger charge is -2.09. The first kappa shape index (κ1) is 72.2. The number of aromatic carboxylic acids is 1. The van der Waals surface area contributed by atoms with E-state index in [-0.39, 0.29) is 70.7 Å². The smallest absolute Gasteiger partial charge is 0.340 e. The molecule has 9 aromatic rings. The van der Waals surface area contributed by atoms with Crippen molar-refractivity contribution in [3.05, 3.63) is 255 Å². The molecule has 0 fully saturated rings. The van der Waals surface area contributed by atoms with Crippen LogP contribution in [-0.4, -0.2) is 84.5 Å². The van der Waals surface area contributed by atoms with Gasteiger partial charge >= 0.3 is 17.9 Å². The molecular weight excluding hydrogens is 1210 g/mol. The number of nitrogens with one attached hydrogen (secondary N) is 3. The van der Waals surface area contributed by atoms with Crippen LogP contribution in [0.3, 0.4) is 0 Å². The summed E-state index contributed by atoms with van der Waals surface area (Å²) in [6.07, 6.45) is 2.75. The normalized spacial score (nSPS) is 9.68. The number of nitrogens with two attached hydrogens (primary N) is 1. The average Bonchev–Trinajstić information content (AvgIpc) is 3.50. The van der Waals surface area contributed by atoms with Crippen molar-refractivity contribution in [1.29, 1.82) is 0 Å². The Morgan fingerprint density at radius 2 is 0.828 bits per heavy atom. The molecule has 24 heteroatoms. The molecule has 2 aromatic heterocycles. The van der Waals surface area contributed by atoms with Crippen LogP contribution in [0.2, 0.25) is 0 Å². The number of carbonyl (C=O) groups is 9. The zero-order valence-corrected chi connectivity index (χ0v) is 46.4. The minimum atomic E-state index is -1.38. The van der Waals surface area contributed by atoms with Gasteiger partial charge in [-0.3, -0.25) is 38.4 Å². The van der Waals surface area contributed by atoms with Crippen LogP contribution in [0.15, 0.2) is 154 Å². The molecule has 0 radical (unpaired) electrons. The molecule has 18 nitrogen and oxygen atoms in total. The number of aldehydes is 5. The van der Waals surface area contributed by atoms with E-state index in [1.807, 2.05) is 19.1 Å². The van der Waals surface area contributed by atoms with Crippen LogP contribution in [0.5, 0.6) is 0 Å². The number of ether oxygens (including phenoxy) is 2. The summed E-state index contributed by atoms with van der Waals surface area (Å²) in [5.74, 6) is -6.91. The summed E-state index contributed by atoms with van der Waals surface area (Å²) < 4.78 is 73.7. The Morgan fingerprint density at radius 1 is 0.483 bits per heavy atom. The van der Waals surface area contributed by atoms with E-state index in [4.69, 9.17) is 10.8 Å². The number of carboxylic acid groups (broad SMARTS) is 1. The first-order chi connectivity index (χ1) is 40.4. The number of hydrogen-bond donors (Lipinski definition) is 5. The van der Waals surface area contributed by atoms with E-state index in [2.05, 4.69) is 40.7 Å². The van der Waals surface area contributed by atoms with Gasteiger partial charge in [0.2, 0.25) is 11.1 Å². The summed E-state index contributed by atoms with van der Waals surface area (Å²) in [4.78, 5) is 124. The summed E-state index contributed by atoms with van der Waals surface area (Å²) in [5, 5.41) is 12.8. The van der Waals surface area contributed by atoms with E-state index < -0.39 is 52.6 Å². The minimum absolute atomic E-state index is 0. The number of aromatic nitrogens is 2. The third-order valence-electron chi connectivity index (χ3n) is 11.3. The molecule has 2 heterocycles. The highest BCUT2D eigenvalue weighted by atomic mass is 79.9. The van der Waals surface area contributed by atoms with Crippen molar-refractivity contribution in [2.45, 2.75) is 28.7 Å². The van der Waals surface area contributed by atoms with Crippen LogP contribution in [0, 0.1) is 42.9 Å². The van der Waals surface area contributed by atoms with Crippen molar-refractivity contribution in [2.75, 3.05) is 25.3 Å². The number of anilines is 2. The van der Waals surface area contributed by atoms with Crippen molar-refractivity contribution in [1.82, 2.24) is 9.97 Å². The number of esters is 2. The molecule has 9 rings (SSSR count). The molecule has 7 aromatic carbocycles. The summed E-state index contributed by atoms with van der Waals surface area (Å²) in [6, 6.07) is 31.3. The number of aromatic amines is 2. The number of hydrogen-bond acceptors (Lipinski definition) is 14. The fourth-order valence-electron chi connectivity index (χ4n) is 7.06. The maximum atomic E-state index is 13.8. The number of pyridine rings is 2. The monoisotopic (exact) mass is 1260 g/mol. The fraction of sp³-hybridized carbons (Fsp3) is 0.0952. The third-order valence-corrected chi connectivity index (χ3v) is 11.9.